The third-order valence-corrected chi connectivity index (χ3v) is 6.37. The first-order valence-corrected chi connectivity index (χ1v) is 11.7. The lowest BCUT2D eigenvalue weighted by Gasteiger charge is -2.33. The lowest BCUT2D eigenvalue weighted by molar-refractivity contribution is -0.163. The Kier molecular flexibility index (Phi) is 5.83. The van der Waals surface area contributed by atoms with Crippen LogP contribution in [-0.2, 0) is 9.53 Å². The van der Waals surface area contributed by atoms with Gasteiger partial charge in [0.1, 0.15) is 16.1 Å². The number of para-hydroxylation sites is 2. The van der Waals surface area contributed by atoms with Crippen molar-refractivity contribution in [3.63, 3.8) is 0 Å². The molecule has 4 rings (SSSR count). The minimum atomic E-state index is -0.796. The molecule has 0 saturated carbocycles. The van der Waals surface area contributed by atoms with Gasteiger partial charge in [-0.05, 0) is 51.7 Å². The van der Waals surface area contributed by atoms with Crippen molar-refractivity contribution in [2.24, 2.45) is 5.92 Å². The highest BCUT2D eigenvalue weighted by Gasteiger charge is 2.53. The topological polar surface area (TPSA) is 77.0 Å². The molecule has 31 heavy (non-hydrogen) atoms. The van der Waals surface area contributed by atoms with E-state index in [0.29, 0.717) is 18.8 Å². The number of ether oxygens (including phenoxy) is 1. The van der Waals surface area contributed by atoms with E-state index in [-0.39, 0.29) is 17.9 Å². The third kappa shape index (κ3) is 4.62. The number of nitrogens with zero attached hydrogens (tertiary/aromatic N) is 3. The predicted molar refractivity (Wildman–Crippen MR) is 123 cm³/mol. The number of hydrogen-bond donors (Lipinski definition) is 1. The maximum Gasteiger partial charge on any atom is 0.326 e. The number of rotatable bonds is 5. The van der Waals surface area contributed by atoms with Crippen LogP contribution in [0.15, 0.2) is 42.0 Å². The molecule has 7 heteroatoms. The Morgan fingerprint density at radius 2 is 2.00 bits per heavy atom. The Hall–Kier alpha value is -2.38. The highest BCUT2D eigenvalue weighted by molar-refractivity contribution is 7.09. The number of aromatic nitrogens is 3. The number of carbonyl (C=O) groups is 1. The van der Waals surface area contributed by atoms with E-state index in [2.05, 4.69) is 29.1 Å². The van der Waals surface area contributed by atoms with Crippen LogP contribution in [0, 0.1) is 5.92 Å². The first-order chi connectivity index (χ1) is 14.7. The third-order valence-electron chi connectivity index (χ3n) is 5.51. The van der Waals surface area contributed by atoms with Crippen LogP contribution < -0.4 is 5.32 Å². The summed E-state index contributed by atoms with van der Waals surface area (Å²) in [6, 6.07) is 7.74. The Morgan fingerprint density at radius 1 is 1.26 bits per heavy atom. The lowest BCUT2D eigenvalue weighted by atomic mass is 9.83. The Balaban J connectivity index is 1.77. The summed E-state index contributed by atoms with van der Waals surface area (Å²) in [6.07, 6.45) is 4.93. The summed E-state index contributed by atoms with van der Waals surface area (Å²) in [5.74, 6) is 0.0828. The molecule has 1 saturated heterocycles. The van der Waals surface area contributed by atoms with Crippen LogP contribution in [0.4, 0.5) is 0 Å². The number of carbonyl (C=O) groups excluding carboxylic acids is 1. The number of hydrogen-bond acceptors (Lipinski definition) is 7. The average molecular weight is 439 g/mol. The second-order valence-corrected chi connectivity index (χ2v) is 10.7. The quantitative estimate of drug-likeness (QED) is 0.563. The summed E-state index contributed by atoms with van der Waals surface area (Å²) in [4.78, 5) is 27.6. The van der Waals surface area contributed by atoms with Crippen molar-refractivity contribution < 1.29 is 9.53 Å². The van der Waals surface area contributed by atoms with Crippen LogP contribution in [0.2, 0.25) is 0 Å². The molecule has 1 aromatic carbocycles. The van der Waals surface area contributed by atoms with Crippen LogP contribution >= 0.6 is 11.3 Å². The number of nitrogens with one attached hydrogen (secondary N) is 1. The number of thiazole rings is 1. The fourth-order valence-electron chi connectivity index (χ4n) is 4.44. The van der Waals surface area contributed by atoms with Gasteiger partial charge in [0.25, 0.3) is 0 Å². The summed E-state index contributed by atoms with van der Waals surface area (Å²) >= 11 is 1.59. The number of fused-ring (bicyclic) bond motifs is 1. The first-order valence-electron chi connectivity index (χ1n) is 10.8. The standard InChI is InChI=1S/C24H30N4O2S/c1-15(2)12-24(22(29)30-23(3,4)5)13-16(20(28-24)21-25-10-11-31-21)19-14-26-17-8-6-7-9-18(17)27-19/h6-11,14-16,20,28H,12-13H2,1-5H3/t16-,20-,24+/m1/s1. The monoisotopic (exact) mass is 438 g/mol. The molecule has 1 aliphatic heterocycles. The Labute approximate surface area is 187 Å². The Bertz CT molecular complexity index is 1060. The predicted octanol–water partition coefficient (Wildman–Crippen LogP) is 5.03. The average Bonchev–Trinajstić information content (AvgIpc) is 3.34. The minimum absolute atomic E-state index is 0.0328. The molecular weight excluding hydrogens is 408 g/mol. The van der Waals surface area contributed by atoms with E-state index in [1.807, 2.05) is 56.6 Å². The summed E-state index contributed by atoms with van der Waals surface area (Å²) in [7, 11) is 0. The van der Waals surface area contributed by atoms with E-state index in [4.69, 9.17) is 9.72 Å². The zero-order valence-corrected chi connectivity index (χ0v) is 19.6. The number of benzene rings is 1. The zero-order valence-electron chi connectivity index (χ0n) is 18.8. The van der Waals surface area contributed by atoms with Crippen LogP contribution in [0.3, 0.4) is 0 Å². The van der Waals surface area contributed by atoms with Crippen LogP contribution in [0.5, 0.6) is 0 Å². The van der Waals surface area contributed by atoms with Crippen LogP contribution in [-0.4, -0.2) is 32.1 Å². The second kappa shape index (κ2) is 8.28. The van der Waals surface area contributed by atoms with Crippen molar-refractivity contribution in [1.82, 2.24) is 20.3 Å². The van der Waals surface area contributed by atoms with Crippen molar-refractivity contribution in [3.8, 4) is 0 Å². The van der Waals surface area contributed by atoms with Gasteiger partial charge < -0.3 is 4.74 Å². The fourth-order valence-corrected chi connectivity index (χ4v) is 5.19. The molecule has 1 N–H and O–H groups in total. The normalized spacial score (nSPS) is 24.1. The molecule has 6 nitrogen and oxygen atoms in total. The molecule has 0 unspecified atom stereocenters. The molecule has 1 fully saturated rings. The molecule has 3 heterocycles. The second-order valence-electron chi connectivity index (χ2n) is 9.77. The van der Waals surface area contributed by atoms with Crippen LogP contribution in [0.1, 0.15) is 70.1 Å². The van der Waals surface area contributed by atoms with Gasteiger partial charge in [0.15, 0.2) is 0 Å². The Morgan fingerprint density at radius 3 is 2.65 bits per heavy atom. The van der Waals surface area contributed by atoms with Gasteiger partial charge in [-0.25, -0.2) is 9.97 Å². The first kappa shape index (κ1) is 21.8. The van der Waals surface area contributed by atoms with Gasteiger partial charge in [0.2, 0.25) is 0 Å². The SMILES string of the molecule is CC(C)C[C@@]1(C(=O)OC(C)(C)C)C[C@H](c2cnc3ccccc3n2)[C@H](c2nccs2)N1. The van der Waals surface area contributed by atoms with Gasteiger partial charge in [-0.2, -0.15) is 0 Å². The smallest absolute Gasteiger partial charge is 0.326 e. The van der Waals surface area contributed by atoms with Gasteiger partial charge in [-0.1, -0.05) is 26.0 Å². The maximum absolute atomic E-state index is 13.5. The fraction of sp³-hybridized carbons (Fsp3) is 0.500. The van der Waals surface area contributed by atoms with Crippen molar-refractivity contribution >= 4 is 28.3 Å². The molecule has 3 aromatic rings. The molecule has 164 valence electrons. The highest BCUT2D eigenvalue weighted by atomic mass is 32.1. The van der Waals surface area contributed by atoms with E-state index in [0.717, 1.165) is 21.7 Å². The molecule has 3 atom stereocenters. The lowest BCUT2D eigenvalue weighted by Crippen LogP contribution is -2.52. The van der Waals surface area contributed by atoms with Crippen molar-refractivity contribution in [1.29, 1.82) is 0 Å². The molecule has 2 aromatic heterocycles. The van der Waals surface area contributed by atoms with Crippen LogP contribution in [0.25, 0.3) is 11.0 Å². The van der Waals surface area contributed by atoms with Gasteiger partial charge in [0, 0.05) is 23.7 Å². The molecule has 0 amide bonds. The van der Waals surface area contributed by atoms with E-state index < -0.39 is 11.1 Å². The summed E-state index contributed by atoms with van der Waals surface area (Å²) in [6.45, 7) is 10.00. The van der Waals surface area contributed by atoms with E-state index >= 15 is 0 Å². The van der Waals surface area contributed by atoms with Gasteiger partial charge in [0.05, 0.1) is 22.8 Å². The van der Waals surface area contributed by atoms with Gasteiger partial charge >= 0.3 is 5.97 Å². The van der Waals surface area contributed by atoms with Gasteiger partial charge in [-0.3, -0.25) is 15.1 Å². The molecule has 0 radical (unpaired) electrons. The maximum atomic E-state index is 13.5. The van der Waals surface area contributed by atoms with Crippen molar-refractivity contribution in [2.45, 2.75) is 70.6 Å². The van der Waals surface area contributed by atoms with E-state index in [1.54, 1.807) is 17.5 Å². The van der Waals surface area contributed by atoms with E-state index in [9.17, 15) is 4.79 Å². The minimum Gasteiger partial charge on any atom is -0.459 e. The molecular formula is C24H30N4O2S. The van der Waals surface area contributed by atoms with E-state index in [1.165, 1.54) is 0 Å². The number of esters is 1. The van der Waals surface area contributed by atoms with Crippen molar-refractivity contribution in [3.05, 3.63) is 52.7 Å². The largest absolute Gasteiger partial charge is 0.459 e. The summed E-state index contributed by atoms with van der Waals surface area (Å²) < 4.78 is 5.89. The summed E-state index contributed by atoms with van der Waals surface area (Å²) in [5, 5.41) is 6.58. The van der Waals surface area contributed by atoms with Gasteiger partial charge in [-0.15, -0.1) is 11.3 Å². The highest BCUT2D eigenvalue weighted by Crippen LogP contribution is 2.47. The summed E-state index contributed by atoms with van der Waals surface area (Å²) in [5.41, 5.74) is 1.25. The van der Waals surface area contributed by atoms with Crippen molar-refractivity contribution in [2.75, 3.05) is 0 Å². The molecule has 0 spiro atoms. The molecule has 1 aliphatic rings. The molecule has 0 bridgehead atoms. The molecule has 0 aliphatic carbocycles. The zero-order chi connectivity index (χ0) is 22.2.